The van der Waals surface area contributed by atoms with Crippen molar-refractivity contribution >= 4 is 54.9 Å². The summed E-state index contributed by atoms with van der Waals surface area (Å²) in [5.74, 6) is 0.227. The molecule has 3 saturated heterocycles. The quantitative estimate of drug-likeness (QED) is 0.146. The van der Waals surface area contributed by atoms with E-state index in [1.807, 2.05) is 13.8 Å². The molecule has 2 N–H and O–H groups in total. The van der Waals surface area contributed by atoms with Crippen molar-refractivity contribution in [2.24, 2.45) is 17.3 Å². The van der Waals surface area contributed by atoms with Crippen LogP contribution in [0, 0.1) is 17.3 Å². The molecule has 6 unspecified atom stereocenters. The molecule has 0 amide bonds. The molecule has 2 aliphatic carbocycles. The Kier molecular flexibility index (Phi) is 2.41. The predicted molar refractivity (Wildman–Crippen MR) is 89.5 cm³/mol. The molecular weight excluding hydrogens is 502 g/mol. The number of hydrogen-bond acceptors (Lipinski definition) is 6. The van der Waals surface area contributed by atoms with Crippen LogP contribution in [0.3, 0.4) is 0 Å². The molecule has 3 heterocycles. The molecule has 5 aliphatic rings. The van der Waals surface area contributed by atoms with Crippen LogP contribution in [0.2, 0.25) is 0 Å². The third-order valence-corrected chi connectivity index (χ3v) is 13.0. The number of ether oxygens (including phenoxy) is 2. The third-order valence-electron chi connectivity index (χ3n) is 5.89. The van der Waals surface area contributed by atoms with Crippen molar-refractivity contribution in [1.29, 1.82) is 0 Å². The first-order chi connectivity index (χ1) is 9.79. The van der Waals surface area contributed by atoms with Crippen LogP contribution in [0.5, 0.6) is 0 Å². The number of carbonyl (C=O) groups excluding carboxylic acids is 2. The zero-order chi connectivity index (χ0) is 14.8. The van der Waals surface area contributed by atoms with E-state index in [1.165, 1.54) is 0 Å². The third kappa shape index (κ3) is 1.46. The first-order valence-corrected chi connectivity index (χ1v) is 11.5. The second kappa shape index (κ2) is 3.69. The fourth-order valence-corrected chi connectivity index (χ4v) is 12.1. The van der Waals surface area contributed by atoms with E-state index in [2.05, 4.69) is 29.7 Å². The fourth-order valence-electron chi connectivity index (χ4n) is 4.37. The van der Waals surface area contributed by atoms with E-state index in [0.29, 0.717) is 0 Å². The predicted octanol–water partition coefficient (Wildman–Crippen LogP) is 1.26. The summed E-state index contributed by atoms with van der Waals surface area (Å²) in [7, 11) is 0. The van der Waals surface area contributed by atoms with E-state index in [9.17, 15) is 9.59 Å². The van der Waals surface area contributed by atoms with Crippen LogP contribution in [0.4, 0.5) is 0 Å². The molecular formula is C13H16I2N2O4. The first-order valence-electron chi connectivity index (χ1n) is 7.16. The van der Waals surface area contributed by atoms with Crippen molar-refractivity contribution < 1.29 is 19.1 Å². The molecule has 0 aromatic rings. The zero-order valence-electron chi connectivity index (χ0n) is 11.6. The van der Waals surface area contributed by atoms with Crippen LogP contribution in [-0.2, 0) is 19.1 Å². The number of fused-ring (bicyclic) bond motifs is 2. The number of halogens is 2. The molecule has 0 aromatic carbocycles. The first kappa shape index (κ1) is 13.7. The molecule has 0 spiro atoms. The van der Waals surface area contributed by atoms with Gasteiger partial charge in [0.2, 0.25) is 0 Å². The number of alkyl halides is 2. The van der Waals surface area contributed by atoms with Crippen LogP contribution in [-0.4, -0.2) is 31.2 Å². The van der Waals surface area contributed by atoms with Gasteiger partial charge in [-0.05, 0) is 0 Å². The van der Waals surface area contributed by atoms with Gasteiger partial charge in [0, 0.05) is 0 Å². The van der Waals surface area contributed by atoms with Crippen molar-refractivity contribution in [2.75, 3.05) is 0 Å². The van der Waals surface area contributed by atoms with Crippen molar-refractivity contribution in [2.45, 2.75) is 46.0 Å². The number of esters is 2. The zero-order valence-corrected chi connectivity index (χ0v) is 15.9. The van der Waals surface area contributed by atoms with Gasteiger partial charge in [0.05, 0.1) is 0 Å². The molecule has 21 heavy (non-hydrogen) atoms. The van der Waals surface area contributed by atoms with Crippen molar-refractivity contribution in [3.63, 3.8) is 0 Å². The molecule has 5 rings (SSSR count). The van der Waals surface area contributed by atoms with Crippen molar-refractivity contribution in [3.8, 4) is 0 Å². The minimum atomic E-state index is -1.19. The molecule has 6 nitrogen and oxygen atoms in total. The van der Waals surface area contributed by atoms with Crippen LogP contribution in [0.25, 0.3) is 0 Å². The van der Waals surface area contributed by atoms with Gasteiger partial charge in [-0.2, -0.15) is 0 Å². The average Bonchev–Trinajstić information content (AvgIpc) is 3.18. The topological polar surface area (TPSA) is 96.5 Å². The van der Waals surface area contributed by atoms with Crippen LogP contribution in [0.1, 0.15) is 26.7 Å². The maximum absolute atomic E-state index is 12.6. The minimum absolute atomic E-state index is 0.101. The van der Waals surface area contributed by atoms with E-state index < -0.39 is 23.8 Å². The van der Waals surface area contributed by atoms with Gasteiger partial charge in [-0.1, -0.05) is 0 Å². The summed E-state index contributed by atoms with van der Waals surface area (Å²) in [5, 5.41) is 0. The van der Waals surface area contributed by atoms with E-state index in [0.717, 1.165) is 12.8 Å². The van der Waals surface area contributed by atoms with Gasteiger partial charge in [-0.3, -0.25) is 0 Å². The second-order valence-corrected chi connectivity index (χ2v) is 13.6. The van der Waals surface area contributed by atoms with E-state index in [4.69, 9.17) is 9.47 Å². The summed E-state index contributed by atoms with van der Waals surface area (Å²) in [4.78, 5) is 24.7. The van der Waals surface area contributed by atoms with Gasteiger partial charge < -0.3 is 0 Å². The van der Waals surface area contributed by atoms with Crippen molar-refractivity contribution in [1.82, 2.24) is 7.06 Å². The second-order valence-electron chi connectivity index (χ2n) is 7.10. The summed E-state index contributed by atoms with van der Waals surface area (Å²) in [6.07, 6.45) is 1.28. The molecule has 2 bridgehead atoms. The monoisotopic (exact) mass is 518 g/mol. The van der Waals surface area contributed by atoms with Crippen LogP contribution >= 0.6 is 43.0 Å². The summed E-state index contributed by atoms with van der Waals surface area (Å²) in [6.45, 7) is 3.93. The van der Waals surface area contributed by atoms with Gasteiger partial charge in [-0.25, -0.2) is 0 Å². The van der Waals surface area contributed by atoms with Gasteiger partial charge in [0.25, 0.3) is 0 Å². The Balaban J connectivity index is 1.37. The Morgan fingerprint density at radius 3 is 2.86 bits per heavy atom. The van der Waals surface area contributed by atoms with Gasteiger partial charge in [0.15, 0.2) is 0 Å². The van der Waals surface area contributed by atoms with E-state index in [-0.39, 0.29) is 45.1 Å². The van der Waals surface area contributed by atoms with Crippen LogP contribution < -0.4 is 7.06 Å². The van der Waals surface area contributed by atoms with Gasteiger partial charge >= 0.3 is 144 Å². The van der Waals surface area contributed by atoms with E-state index in [1.54, 1.807) is 0 Å². The normalized spacial score (nSPS) is 51.2. The Labute approximate surface area is 143 Å². The molecule has 0 radical (unpaired) electrons. The molecule has 3 aliphatic heterocycles. The molecule has 5 fully saturated rings. The summed E-state index contributed by atoms with van der Waals surface area (Å²) >= 11 is 1.00. The summed E-state index contributed by atoms with van der Waals surface area (Å²) in [5.41, 5.74) is -0.334. The summed E-state index contributed by atoms with van der Waals surface area (Å²) < 4.78 is 17.5. The van der Waals surface area contributed by atoms with E-state index >= 15 is 0 Å². The maximum atomic E-state index is 12.6. The van der Waals surface area contributed by atoms with Gasteiger partial charge in [-0.15, -0.1) is 0 Å². The standard InChI is InChI=1S/C13H16I2N2O4/c1-11-4-5-3-6(11)8(21-9(11)18)7(5)20-10(19)12(2,14)13-15(16-13)17-13/h5-8,16-17H,3-4H2,1-2H3. The Bertz CT molecular complexity index is 591. The average molecular weight is 518 g/mol. The fraction of sp³-hybridized carbons (Fsp3) is 0.846. The Hall–Kier alpha value is 0.320. The molecule has 8 heteroatoms. The van der Waals surface area contributed by atoms with Crippen molar-refractivity contribution in [3.05, 3.63) is 0 Å². The Morgan fingerprint density at radius 1 is 1.57 bits per heavy atom. The SMILES string of the molecule is CC12CC3CC1C(OC2=O)C3OC(=O)C(C)(I)C12NI1N2. The number of nitrogens with one attached hydrogen (secondary N) is 2. The number of hydrogen-bond donors (Lipinski definition) is 2. The molecule has 116 valence electrons. The Morgan fingerprint density at radius 2 is 2.24 bits per heavy atom. The summed E-state index contributed by atoms with van der Waals surface area (Å²) in [6, 6.07) is 0. The number of rotatable bonds is 3. The molecule has 6 atom stereocenters. The number of carbonyl (C=O) groups is 2. The van der Waals surface area contributed by atoms with Crippen LogP contribution in [0.15, 0.2) is 0 Å². The van der Waals surface area contributed by atoms with Gasteiger partial charge in [0.1, 0.15) is 0 Å². The molecule has 0 aromatic heterocycles. The molecule has 2 saturated carbocycles.